The Labute approximate surface area is 137 Å². The van der Waals surface area contributed by atoms with E-state index in [-0.39, 0.29) is 24.8 Å². The number of carboxylic acids is 1. The van der Waals surface area contributed by atoms with Crippen molar-refractivity contribution in [3.8, 4) is 10.6 Å². The number of carbonyl (C=O) groups is 2. The van der Waals surface area contributed by atoms with E-state index in [1.54, 1.807) is 17.4 Å². The lowest BCUT2D eigenvalue weighted by Crippen LogP contribution is -2.46. The Morgan fingerprint density at radius 1 is 1.48 bits per heavy atom. The Bertz CT molecular complexity index is 695. The summed E-state index contributed by atoms with van der Waals surface area (Å²) in [4.78, 5) is 29.8. The van der Waals surface area contributed by atoms with Gasteiger partial charge in [-0.05, 0) is 18.4 Å². The fraction of sp³-hybridized carbons (Fsp3) is 0.438. The molecule has 1 saturated heterocycles. The van der Waals surface area contributed by atoms with Crippen LogP contribution in [0.4, 0.5) is 0 Å². The topological polar surface area (TPSA) is 83.6 Å². The summed E-state index contributed by atoms with van der Waals surface area (Å²) in [6, 6.07) is 1.83. The molecule has 2 aromatic rings. The number of nitrogens with zero attached hydrogens (tertiary/aromatic N) is 2. The molecule has 0 aromatic carbocycles. The van der Waals surface area contributed by atoms with E-state index in [1.165, 1.54) is 11.3 Å². The second kappa shape index (κ2) is 6.54. The molecule has 1 aliphatic rings. The first-order valence-electron chi connectivity index (χ1n) is 7.50. The number of furan rings is 1. The van der Waals surface area contributed by atoms with Gasteiger partial charge in [-0.2, -0.15) is 0 Å². The summed E-state index contributed by atoms with van der Waals surface area (Å²) in [7, 11) is 0. The van der Waals surface area contributed by atoms with Crippen LogP contribution < -0.4 is 0 Å². The second-order valence-corrected chi connectivity index (χ2v) is 6.87. The van der Waals surface area contributed by atoms with Gasteiger partial charge in [-0.25, -0.2) is 4.98 Å². The third kappa shape index (κ3) is 3.61. The fourth-order valence-electron chi connectivity index (χ4n) is 2.91. The molecule has 2 atom stereocenters. The highest BCUT2D eigenvalue weighted by Gasteiger charge is 2.31. The average molecular weight is 334 g/mol. The van der Waals surface area contributed by atoms with Crippen molar-refractivity contribution in [2.45, 2.75) is 19.8 Å². The van der Waals surface area contributed by atoms with Crippen LogP contribution in [0.1, 0.15) is 19.0 Å². The Hall–Kier alpha value is -2.15. The minimum Gasteiger partial charge on any atom is -0.481 e. The van der Waals surface area contributed by atoms with E-state index in [0.717, 1.165) is 10.6 Å². The molecule has 23 heavy (non-hydrogen) atoms. The average Bonchev–Trinajstić information content (AvgIpc) is 3.17. The van der Waals surface area contributed by atoms with Crippen molar-refractivity contribution in [3.63, 3.8) is 0 Å². The summed E-state index contributed by atoms with van der Waals surface area (Å²) in [6.45, 7) is 2.88. The van der Waals surface area contributed by atoms with Crippen molar-refractivity contribution in [1.82, 2.24) is 9.88 Å². The number of carbonyl (C=O) groups excluding carboxylic acids is 1. The lowest BCUT2D eigenvalue weighted by Gasteiger charge is -2.34. The molecule has 0 radical (unpaired) electrons. The van der Waals surface area contributed by atoms with Crippen LogP contribution in [-0.4, -0.2) is 40.0 Å². The van der Waals surface area contributed by atoms with Gasteiger partial charge < -0.3 is 14.4 Å². The first kappa shape index (κ1) is 15.7. The van der Waals surface area contributed by atoms with Gasteiger partial charge in [0.2, 0.25) is 5.91 Å². The normalized spacial score (nSPS) is 21.3. The third-order valence-corrected chi connectivity index (χ3v) is 4.95. The van der Waals surface area contributed by atoms with Crippen LogP contribution in [-0.2, 0) is 16.0 Å². The standard InChI is InChI=1S/C16H18N2O4S/c1-10-4-12(16(20)21)7-18(6-10)14(19)5-13-9-23-15(17-13)11-2-3-22-8-11/h2-3,8-10,12H,4-7H2,1H3,(H,20,21). The number of hydrogen-bond acceptors (Lipinski definition) is 5. The number of amides is 1. The molecule has 2 aromatic heterocycles. The van der Waals surface area contributed by atoms with Crippen molar-refractivity contribution in [2.24, 2.45) is 11.8 Å². The maximum absolute atomic E-state index is 12.5. The van der Waals surface area contributed by atoms with E-state index in [2.05, 4.69) is 4.98 Å². The number of aromatic nitrogens is 1. The molecule has 1 fully saturated rings. The van der Waals surface area contributed by atoms with Crippen LogP contribution in [0.15, 0.2) is 28.4 Å². The maximum atomic E-state index is 12.5. The van der Waals surface area contributed by atoms with Gasteiger partial charge >= 0.3 is 5.97 Å². The summed E-state index contributed by atoms with van der Waals surface area (Å²) in [5.41, 5.74) is 1.60. The van der Waals surface area contributed by atoms with Gasteiger partial charge in [0.25, 0.3) is 0 Å². The third-order valence-electron chi connectivity index (χ3n) is 4.01. The largest absolute Gasteiger partial charge is 0.481 e. The highest BCUT2D eigenvalue weighted by molar-refractivity contribution is 7.13. The Kier molecular flexibility index (Phi) is 4.47. The SMILES string of the molecule is CC1CC(C(=O)O)CN(C(=O)Cc2csc(-c3ccoc3)n2)C1. The number of piperidine rings is 1. The van der Waals surface area contributed by atoms with E-state index < -0.39 is 11.9 Å². The molecule has 0 bridgehead atoms. The zero-order chi connectivity index (χ0) is 16.4. The number of likely N-dealkylation sites (tertiary alicyclic amines) is 1. The first-order valence-corrected chi connectivity index (χ1v) is 8.38. The van der Waals surface area contributed by atoms with Gasteiger partial charge in [-0.3, -0.25) is 9.59 Å². The number of aliphatic carboxylic acids is 1. The number of hydrogen-bond donors (Lipinski definition) is 1. The molecule has 122 valence electrons. The molecule has 3 heterocycles. The zero-order valence-electron chi connectivity index (χ0n) is 12.8. The lowest BCUT2D eigenvalue weighted by molar-refractivity contribution is -0.146. The molecule has 2 unspecified atom stereocenters. The van der Waals surface area contributed by atoms with Crippen molar-refractivity contribution in [3.05, 3.63) is 29.7 Å². The van der Waals surface area contributed by atoms with E-state index in [9.17, 15) is 14.7 Å². The van der Waals surface area contributed by atoms with Gasteiger partial charge in [0.1, 0.15) is 11.3 Å². The van der Waals surface area contributed by atoms with Crippen molar-refractivity contribution < 1.29 is 19.1 Å². The Morgan fingerprint density at radius 3 is 3.00 bits per heavy atom. The monoisotopic (exact) mass is 334 g/mol. The smallest absolute Gasteiger partial charge is 0.308 e. The molecular weight excluding hydrogens is 316 g/mol. The molecule has 7 heteroatoms. The predicted octanol–water partition coefficient (Wildman–Crippen LogP) is 2.51. The molecular formula is C16H18N2O4S. The van der Waals surface area contributed by atoms with Crippen molar-refractivity contribution >= 4 is 23.2 Å². The summed E-state index contributed by atoms with van der Waals surface area (Å²) >= 11 is 1.47. The van der Waals surface area contributed by atoms with Gasteiger partial charge in [0.05, 0.1) is 24.3 Å². The molecule has 0 saturated carbocycles. The number of thiazole rings is 1. The van der Waals surface area contributed by atoms with Crippen LogP contribution in [0.3, 0.4) is 0 Å². The Balaban J connectivity index is 1.66. The minimum absolute atomic E-state index is 0.0631. The highest BCUT2D eigenvalue weighted by atomic mass is 32.1. The quantitative estimate of drug-likeness (QED) is 0.929. The van der Waals surface area contributed by atoms with Crippen LogP contribution >= 0.6 is 11.3 Å². The molecule has 0 spiro atoms. The highest BCUT2D eigenvalue weighted by Crippen LogP contribution is 2.25. The summed E-state index contributed by atoms with van der Waals surface area (Å²) in [6.07, 6.45) is 4.03. The number of carboxylic acid groups (broad SMARTS) is 1. The van der Waals surface area contributed by atoms with Crippen LogP contribution in [0.5, 0.6) is 0 Å². The molecule has 1 aliphatic heterocycles. The maximum Gasteiger partial charge on any atom is 0.308 e. The van der Waals surface area contributed by atoms with Gasteiger partial charge in [-0.15, -0.1) is 11.3 Å². The van der Waals surface area contributed by atoms with Crippen molar-refractivity contribution in [2.75, 3.05) is 13.1 Å². The number of rotatable bonds is 4. The molecule has 3 rings (SSSR count). The molecule has 1 N–H and O–H groups in total. The first-order chi connectivity index (χ1) is 11.0. The van der Waals surface area contributed by atoms with Crippen LogP contribution in [0.2, 0.25) is 0 Å². The van der Waals surface area contributed by atoms with Gasteiger partial charge in [0, 0.05) is 24.0 Å². The molecule has 0 aliphatic carbocycles. The van der Waals surface area contributed by atoms with Gasteiger partial charge in [0.15, 0.2) is 0 Å². The molecule has 1 amide bonds. The van der Waals surface area contributed by atoms with Crippen LogP contribution in [0, 0.1) is 11.8 Å². The van der Waals surface area contributed by atoms with Gasteiger partial charge in [-0.1, -0.05) is 6.92 Å². The van der Waals surface area contributed by atoms with E-state index in [1.807, 2.05) is 18.4 Å². The van der Waals surface area contributed by atoms with Crippen molar-refractivity contribution in [1.29, 1.82) is 0 Å². The Morgan fingerprint density at radius 2 is 2.30 bits per heavy atom. The summed E-state index contributed by atoms with van der Waals surface area (Å²) < 4.78 is 5.04. The summed E-state index contributed by atoms with van der Waals surface area (Å²) in [5, 5.41) is 11.9. The zero-order valence-corrected chi connectivity index (χ0v) is 13.6. The lowest BCUT2D eigenvalue weighted by atomic mass is 9.90. The summed E-state index contributed by atoms with van der Waals surface area (Å²) in [5.74, 6) is -1.16. The second-order valence-electron chi connectivity index (χ2n) is 6.01. The van der Waals surface area contributed by atoms with E-state index in [4.69, 9.17) is 4.42 Å². The van der Waals surface area contributed by atoms with E-state index >= 15 is 0 Å². The molecule has 6 nitrogen and oxygen atoms in total. The fourth-order valence-corrected chi connectivity index (χ4v) is 3.71. The van der Waals surface area contributed by atoms with Crippen LogP contribution in [0.25, 0.3) is 10.6 Å². The minimum atomic E-state index is -0.828. The predicted molar refractivity (Wildman–Crippen MR) is 85.0 cm³/mol. The van der Waals surface area contributed by atoms with E-state index in [0.29, 0.717) is 18.7 Å².